The van der Waals surface area contributed by atoms with Gasteiger partial charge in [0.05, 0.1) is 5.69 Å². The summed E-state index contributed by atoms with van der Waals surface area (Å²) in [6.45, 7) is 2.02. The fraction of sp³-hybridized carbons (Fsp3) is 0.438. The van der Waals surface area contributed by atoms with Crippen LogP contribution in [0, 0.1) is 11.3 Å². The van der Waals surface area contributed by atoms with Crippen LogP contribution in [0.4, 0.5) is 5.82 Å². The second kappa shape index (κ2) is 4.82. The summed E-state index contributed by atoms with van der Waals surface area (Å²) in [4.78, 5) is 4.49. The summed E-state index contributed by atoms with van der Waals surface area (Å²) in [6.07, 6.45) is 3.82. The first-order chi connectivity index (χ1) is 10.7. The molecule has 0 radical (unpaired) electrons. The number of aromatic nitrogens is 2. The normalized spacial score (nSPS) is 22.4. The minimum Gasteiger partial charge on any atom is -0.383 e. The number of rotatable bonds is 2. The van der Waals surface area contributed by atoms with Crippen molar-refractivity contribution < 1.29 is 4.52 Å². The quantitative estimate of drug-likeness (QED) is 0.880. The standard InChI is InChI=1S/C16H17N5O/c1-2-8-6-13(22-21-8)14-10(7-17)16(18)20-12-5-9-3-4-11(19-9)15(12)14/h6,9,11,19H,2-5H2,1H3,(H2,18,20)/t9-,11+/m1/s1. The van der Waals surface area contributed by atoms with Gasteiger partial charge in [0, 0.05) is 41.4 Å². The monoisotopic (exact) mass is 295 g/mol. The molecule has 0 aliphatic carbocycles. The van der Waals surface area contributed by atoms with Crippen LogP contribution in [0.15, 0.2) is 10.6 Å². The first-order valence-corrected chi connectivity index (χ1v) is 7.65. The van der Waals surface area contributed by atoms with Crippen molar-refractivity contribution in [3.63, 3.8) is 0 Å². The van der Waals surface area contributed by atoms with Crippen LogP contribution in [-0.4, -0.2) is 16.2 Å². The predicted molar refractivity (Wildman–Crippen MR) is 80.8 cm³/mol. The first kappa shape index (κ1) is 13.3. The minimum absolute atomic E-state index is 0.221. The van der Waals surface area contributed by atoms with Crippen LogP contribution < -0.4 is 11.1 Å². The van der Waals surface area contributed by atoms with Gasteiger partial charge in [-0.15, -0.1) is 0 Å². The van der Waals surface area contributed by atoms with Crippen LogP contribution in [0.3, 0.4) is 0 Å². The molecule has 112 valence electrons. The summed E-state index contributed by atoms with van der Waals surface area (Å²) < 4.78 is 5.50. The Morgan fingerprint density at radius 2 is 2.36 bits per heavy atom. The molecule has 0 aromatic carbocycles. The number of aryl methyl sites for hydroxylation is 1. The zero-order chi connectivity index (χ0) is 15.3. The number of nitriles is 1. The molecule has 2 aromatic rings. The van der Waals surface area contributed by atoms with Crippen LogP contribution in [-0.2, 0) is 12.8 Å². The second-order valence-electron chi connectivity index (χ2n) is 5.95. The summed E-state index contributed by atoms with van der Waals surface area (Å²) in [5.74, 6) is 0.901. The molecule has 4 rings (SSSR count). The Morgan fingerprint density at radius 1 is 1.50 bits per heavy atom. The molecule has 4 heterocycles. The van der Waals surface area contributed by atoms with Crippen LogP contribution in [0.5, 0.6) is 0 Å². The molecular formula is C16H17N5O. The van der Waals surface area contributed by atoms with Crippen LogP contribution in [0.2, 0.25) is 0 Å². The Morgan fingerprint density at radius 3 is 3.09 bits per heavy atom. The molecule has 2 aliphatic rings. The van der Waals surface area contributed by atoms with E-state index in [9.17, 15) is 5.26 Å². The van der Waals surface area contributed by atoms with E-state index in [4.69, 9.17) is 10.3 Å². The molecule has 22 heavy (non-hydrogen) atoms. The van der Waals surface area contributed by atoms with E-state index in [0.29, 0.717) is 17.4 Å². The summed E-state index contributed by atoms with van der Waals surface area (Å²) in [6, 6.07) is 4.78. The smallest absolute Gasteiger partial charge is 0.168 e. The van der Waals surface area contributed by atoms with Crippen molar-refractivity contribution in [3.05, 3.63) is 28.6 Å². The molecule has 2 bridgehead atoms. The largest absolute Gasteiger partial charge is 0.383 e. The average Bonchev–Trinajstić information content (AvgIpc) is 3.13. The van der Waals surface area contributed by atoms with Crippen molar-refractivity contribution in [2.45, 2.75) is 44.7 Å². The van der Waals surface area contributed by atoms with E-state index in [0.717, 1.165) is 48.2 Å². The molecule has 6 heteroatoms. The fourth-order valence-corrected chi connectivity index (χ4v) is 3.61. The Bertz CT molecular complexity index is 789. The number of nitrogens with two attached hydrogens (primary N) is 1. The van der Waals surface area contributed by atoms with E-state index in [-0.39, 0.29) is 11.9 Å². The molecule has 0 unspecified atom stereocenters. The van der Waals surface area contributed by atoms with E-state index >= 15 is 0 Å². The summed E-state index contributed by atoms with van der Waals surface area (Å²) in [5.41, 5.74) is 10.1. The average molecular weight is 295 g/mol. The first-order valence-electron chi connectivity index (χ1n) is 7.65. The minimum atomic E-state index is 0.221. The molecule has 0 saturated carbocycles. The summed E-state index contributed by atoms with van der Waals surface area (Å²) in [7, 11) is 0. The lowest BCUT2D eigenvalue weighted by Gasteiger charge is -2.26. The third-order valence-electron chi connectivity index (χ3n) is 4.65. The number of nitrogens with one attached hydrogen (secondary N) is 1. The van der Waals surface area contributed by atoms with E-state index in [2.05, 4.69) is 21.5 Å². The Hall–Kier alpha value is -2.39. The van der Waals surface area contributed by atoms with E-state index in [1.807, 2.05) is 13.0 Å². The zero-order valence-corrected chi connectivity index (χ0v) is 12.4. The number of pyridine rings is 1. The van der Waals surface area contributed by atoms with Crippen molar-refractivity contribution in [3.8, 4) is 17.4 Å². The lowest BCUT2D eigenvalue weighted by Crippen LogP contribution is -2.33. The highest BCUT2D eigenvalue weighted by Crippen LogP contribution is 2.43. The van der Waals surface area contributed by atoms with Gasteiger partial charge in [-0.25, -0.2) is 4.98 Å². The van der Waals surface area contributed by atoms with Gasteiger partial charge in [0.15, 0.2) is 5.76 Å². The highest BCUT2D eigenvalue weighted by atomic mass is 16.5. The van der Waals surface area contributed by atoms with Gasteiger partial charge in [-0.3, -0.25) is 0 Å². The number of anilines is 1. The number of nitrogen functional groups attached to an aromatic ring is 1. The molecule has 2 atom stereocenters. The third-order valence-corrected chi connectivity index (χ3v) is 4.65. The van der Waals surface area contributed by atoms with E-state index < -0.39 is 0 Å². The van der Waals surface area contributed by atoms with Crippen LogP contribution >= 0.6 is 0 Å². The maximum absolute atomic E-state index is 9.54. The van der Waals surface area contributed by atoms with E-state index in [1.54, 1.807) is 0 Å². The predicted octanol–water partition coefficient (Wildman–Crippen LogP) is 2.10. The maximum atomic E-state index is 9.54. The molecular weight excluding hydrogens is 278 g/mol. The molecule has 1 fully saturated rings. The lowest BCUT2D eigenvalue weighted by atomic mass is 9.90. The summed E-state index contributed by atoms with van der Waals surface area (Å²) in [5, 5.41) is 17.2. The molecule has 1 saturated heterocycles. The summed E-state index contributed by atoms with van der Waals surface area (Å²) >= 11 is 0. The molecule has 0 amide bonds. The van der Waals surface area contributed by atoms with Gasteiger partial charge >= 0.3 is 0 Å². The molecule has 3 N–H and O–H groups in total. The number of hydrogen-bond acceptors (Lipinski definition) is 6. The number of hydrogen-bond donors (Lipinski definition) is 2. The van der Waals surface area contributed by atoms with Gasteiger partial charge in [-0.2, -0.15) is 5.26 Å². The van der Waals surface area contributed by atoms with Gasteiger partial charge in [-0.05, 0) is 19.3 Å². The second-order valence-corrected chi connectivity index (χ2v) is 5.95. The van der Waals surface area contributed by atoms with Crippen molar-refractivity contribution in [2.75, 3.05) is 5.73 Å². The van der Waals surface area contributed by atoms with Crippen molar-refractivity contribution >= 4 is 5.82 Å². The van der Waals surface area contributed by atoms with Crippen molar-refractivity contribution in [2.24, 2.45) is 0 Å². The lowest BCUT2D eigenvalue weighted by molar-refractivity contribution is 0.422. The maximum Gasteiger partial charge on any atom is 0.168 e. The van der Waals surface area contributed by atoms with Crippen molar-refractivity contribution in [1.29, 1.82) is 5.26 Å². The van der Waals surface area contributed by atoms with Crippen LogP contribution in [0.25, 0.3) is 11.3 Å². The third kappa shape index (κ3) is 1.82. The van der Waals surface area contributed by atoms with Crippen molar-refractivity contribution in [1.82, 2.24) is 15.5 Å². The molecule has 6 nitrogen and oxygen atoms in total. The highest BCUT2D eigenvalue weighted by Gasteiger charge is 2.37. The molecule has 2 aromatic heterocycles. The fourth-order valence-electron chi connectivity index (χ4n) is 3.61. The van der Waals surface area contributed by atoms with Gasteiger partial charge in [0.25, 0.3) is 0 Å². The van der Waals surface area contributed by atoms with E-state index in [1.165, 1.54) is 0 Å². The molecule has 2 aliphatic heterocycles. The Balaban J connectivity index is 1.99. The zero-order valence-electron chi connectivity index (χ0n) is 12.4. The SMILES string of the molecule is CCc1cc(-c2c(C#N)c(N)nc3c2[C@@H]2CC[C@H](C3)N2)on1. The Labute approximate surface area is 128 Å². The Kier molecular flexibility index (Phi) is 2.91. The number of nitrogens with zero attached hydrogens (tertiary/aromatic N) is 3. The van der Waals surface area contributed by atoms with Gasteiger partial charge in [0.1, 0.15) is 17.5 Å². The van der Waals surface area contributed by atoms with Crippen LogP contribution in [0.1, 0.15) is 48.3 Å². The number of fused-ring (bicyclic) bond motifs is 4. The van der Waals surface area contributed by atoms with Gasteiger partial charge in [0.2, 0.25) is 0 Å². The van der Waals surface area contributed by atoms with Gasteiger partial charge in [-0.1, -0.05) is 12.1 Å². The molecule has 0 spiro atoms. The topological polar surface area (TPSA) is 101 Å². The van der Waals surface area contributed by atoms with Gasteiger partial charge < -0.3 is 15.6 Å². The highest BCUT2D eigenvalue weighted by molar-refractivity contribution is 5.77.